The molecule has 9 heteroatoms. The maximum atomic E-state index is 11.9. The minimum Gasteiger partial charge on any atom is -0.504 e. The summed E-state index contributed by atoms with van der Waals surface area (Å²) in [7, 11) is 0. The average molecular weight is 791 g/mol. The van der Waals surface area contributed by atoms with Gasteiger partial charge in [-0.2, -0.15) is 0 Å². The Bertz CT molecular complexity index is 3400. The fourth-order valence-electron chi connectivity index (χ4n) is 9.67. The highest BCUT2D eigenvalue weighted by molar-refractivity contribution is 6.30. The Morgan fingerprint density at radius 3 is 1.73 bits per heavy atom. The summed E-state index contributed by atoms with van der Waals surface area (Å²) in [6.45, 7) is 2.06. The second kappa shape index (κ2) is 12.2. The van der Waals surface area contributed by atoms with Crippen LogP contribution in [-0.4, -0.2) is 40.9 Å². The zero-order valence-electron chi connectivity index (χ0n) is 31.8. The largest absolute Gasteiger partial charge is 0.504 e. The molecule has 2 unspecified atom stereocenters. The van der Waals surface area contributed by atoms with E-state index in [0.29, 0.717) is 33.4 Å². The van der Waals surface area contributed by atoms with Gasteiger partial charge in [0.05, 0.1) is 5.41 Å². The first-order valence-electron chi connectivity index (χ1n) is 19.4. The van der Waals surface area contributed by atoms with Gasteiger partial charge in [-0.25, -0.2) is 0 Å². The van der Waals surface area contributed by atoms with Crippen molar-refractivity contribution in [1.29, 1.82) is 0 Å². The number of aromatic hydroxyl groups is 8. The van der Waals surface area contributed by atoms with Gasteiger partial charge in [0, 0.05) is 49.5 Å². The van der Waals surface area contributed by atoms with Crippen LogP contribution in [0, 0.1) is 5.92 Å². The molecular formula is C51H34O9. The lowest BCUT2D eigenvalue weighted by Gasteiger charge is -2.34. The molecule has 60 heavy (non-hydrogen) atoms. The summed E-state index contributed by atoms with van der Waals surface area (Å²) < 4.78 is 6.59. The van der Waals surface area contributed by atoms with Crippen molar-refractivity contribution in [2.75, 3.05) is 0 Å². The number of furan rings is 1. The Morgan fingerprint density at radius 2 is 1.05 bits per heavy atom. The lowest BCUT2D eigenvalue weighted by molar-refractivity contribution is 0.350. The van der Waals surface area contributed by atoms with E-state index in [1.165, 1.54) is 0 Å². The van der Waals surface area contributed by atoms with Gasteiger partial charge in [-0.3, -0.25) is 0 Å². The van der Waals surface area contributed by atoms with Gasteiger partial charge in [-0.1, -0.05) is 127 Å². The van der Waals surface area contributed by atoms with Crippen LogP contribution in [0.5, 0.6) is 46.0 Å². The minimum absolute atomic E-state index is 0.00586. The minimum atomic E-state index is -1.03. The van der Waals surface area contributed by atoms with Gasteiger partial charge in [0.1, 0.15) is 11.3 Å². The fourth-order valence-corrected chi connectivity index (χ4v) is 9.67. The third-order valence-electron chi connectivity index (χ3n) is 12.6. The highest BCUT2D eigenvalue weighted by Gasteiger charge is 2.41. The number of rotatable bonds is 3. The molecule has 1 heterocycles. The van der Waals surface area contributed by atoms with E-state index in [9.17, 15) is 40.9 Å². The molecule has 9 nitrogen and oxygen atoms in total. The van der Waals surface area contributed by atoms with Crippen LogP contribution in [0.3, 0.4) is 0 Å². The van der Waals surface area contributed by atoms with E-state index in [-0.39, 0.29) is 38.6 Å². The maximum Gasteiger partial charge on any atom is 0.204 e. The topological polar surface area (TPSA) is 175 Å². The van der Waals surface area contributed by atoms with Crippen LogP contribution in [0.1, 0.15) is 18.2 Å². The Balaban J connectivity index is 1.24. The SMILES string of the molecule is CC12C=CC=CC1C=Cc1c2oc2cccc(-c3c4c(O)c(O)c(O)c(O)c4c(-c4ccc(-c5cccc6c5ccc5ccccc56)cc4)c4c(O)c(O)c(O)c(O)c34)c12. The van der Waals surface area contributed by atoms with Crippen LogP contribution in [0.15, 0.2) is 132 Å². The van der Waals surface area contributed by atoms with Crippen LogP contribution in [-0.2, 0) is 5.41 Å². The van der Waals surface area contributed by atoms with Gasteiger partial charge in [-0.05, 0) is 56.8 Å². The molecule has 0 bridgehead atoms. The monoisotopic (exact) mass is 790 g/mol. The fraction of sp³-hybridized carbons (Fsp3) is 0.0588. The molecule has 0 saturated heterocycles. The smallest absolute Gasteiger partial charge is 0.204 e. The summed E-state index contributed by atoms with van der Waals surface area (Å²) in [4.78, 5) is 0. The molecule has 0 amide bonds. The molecule has 2 atom stereocenters. The summed E-state index contributed by atoms with van der Waals surface area (Å²) in [6, 6.07) is 30.6. The highest BCUT2D eigenvalue weighted by Crippen LogP contribution is 2.63. The third-order valence-corrected chi connectivity index (χ3v) is 12.6. The summed E-state index contributed by atoms with van der Waals surface area (Å²) in [5.74, 6) is -6.86. The first kappa shape index (κ1) is 35.1. The van der Waals surface area contributed by atoms with Crippen molar-refractivity contribution in [2.24, 2.45) is 5.92 Å². The van der Waals surface area contributed by atoms with Crippen LogP contribution < -0.4 is 0 Å². The van der Waals surface area contributed by atoms with Gasteiger partial charge >= 0.3 is 0 Å². The Labute approximate surface area is 340 Å². The Kier molecular flexibility index (Phi) is 7.17. The van der Waals surface area contributed by atoms with E-state index in [1.54, 1.807) is 30.3 Å². The summed E-state index contributed by atoms with van der Waals surface area (Å²) in [5, 5.41) is 96.1. The molecule has 0 spiro atoms. The van der Waals surface area contributed by atoms with Gasteiger partial charge in [0.25, 0.3) is 0 Å². The molecule has 8 aromatic carbocycles. The number of hydrogen-bond donors (Lipinski definition) is 8. The molecule has 9 aromatic rings. The average Bonchev–Trinajstić information content (AvgIpc) is 3.68. The number of allylic oxidation sites excluding steroid dienone is 5. The van der Waals surface area contributed by atoms with Crippen LogP contribution >= 0.6 is 0 Å². The van der Waals surface area contributed by atoms with E-state index >= 15 is 0 Å². The number of hydrogen-bond acceptors (Lipinski definition) is 9. The molecule has 0 saturated carbocycles. The molecule has 2 aliphatic rings. The lowest BCUT2D eigenvalue weighted by atomic mass is 9.68. The first-order valence-corrected chi connectivity index (χ1v) is 19.4. The predicted octanol–water partition coefficient (Wildman–Crippen LogP) is 11.7. The predicted molar refractivity (Wildman–Crippen MR) is 234 cm³/mol. The number of benzene rings is 8. The molecule has 0 aliphatic heterocycles. The van der Waals surface area contributed by atoms with E-state index < -0.39 is 51.4 Å². The molecular weight excluding hydrogens is 757 g/mol. The molecule has 11 rings (SSSR count). The van der Waals surface area contributed by atoms with Crippen LogP contribution in [0.2, 0.25) is 0 Å². The van der Waals surface area contributed by atoms with Crippen molar-refractivity contribution in [3.05, 3.63) is 139 Å². The van der Waals surface area contributed by atoms with E-state index in [0.717, 1.165) is 32.7 Å². The molecule has 8 N–H and O–H groups in total. The van der Waals surface area contributed by atoms with Crippen molar-refractivity contribution < 1.29 is 45.3 Å². The summed E-state index contributed by atoms with van der Waals surface area (Å²) in [5.41, 5.74) is 2.91. The molecule has 1 aromatic heterocycles. The molecule has 0 fully saturated rings. The number of fused-ring (bicyclic) bond motifs is 10. The van der Waals surface area contributed by atoms with Crippen molar-refractivity contribution in [1.82, 2.24) is 0 Å². The molecule has 2 aliphatic carbocycles. The second-order valence-corrected chi connectivity index (χ2v) is 15.7. The normalized spacial score (nSPS) is 17.0. The third kappa shape index (κ3) is 4.51. The second-order valence-electron chi connectivity index (χ2n) is 15.7. The van der Waals surface area contributed by atoms with Crippen LogP contribution in [0.4, 0.5) is 0 Å². The van der Waals surface area contributed by atoms with Crippen LogP contribution in [0.25, 0.3) is 93.5 Å². The first-order chi connectivity index (χ1) is 29.0. The van der Waals surface area contributed by atoms with Crippen molar-refractivity contribution in [2.45, 2.75) is 12.3 Å². The lowest BCUT2D eigenvalue weighted by Crippen LogP contribution is -2.31. The Hall–Kier alpha value is -8.04. The summed E-state index contributed by atoms with van der Waals surface area (Å²) in [6.07, 6.45) is 12.1. The van der Waals surface area contributed by atoms with Crippen molar-refractivity contribution in [3.8, 4) is 79.4 Å². The van der Waals surface area contributed by atoms with Gasteiger partial charge in [-0.15, -0.1) is 0 Å². The Morgan fingerprint density at radius 1 is 0.467 bits per heavy atom. The van der Waals surface area contributed by atoms with E-state index in [1.807, 2.05) is 54.6 Å². The molecule has 0 radical (unpaired) electrons. The standard InChI is InChI=1S/C51H34O9/c1-51-23-5-4-9-27(51)20-22-33-36-32(13-7-14-34(36)60-50(33)51)37-40-38(42(52)46(56)48(58)44(40)54)35(39-41(37)45(55)49(59)47(57)43(39)53)26-17-15-25(16-18-26)29-11-6-12-30-28-10-3-2-8-24(28)19-21-31(29)30/h2-23,27,52-59H,1H3. The van der Waals surface area contributed by atoms with Gasteiger partial charge < -0.3 is 45.3 Å². The highest BCUT2D eigenvalue weighted by atomic mass is 16.4. The zero-order chi connectivity index (χ0) is 41.4. The van der Waals surface area contributed by atoms with Gasteiger partial charge in [0.2, 0.25) is 23.0 Å². The van der Waals surface area contributed by atoms with Gasteiger partial charge in [0.15, 0.2) is 23.0 Å². The number of phenolic OH excluding ortho intramolecular Hbond substituents is 8. The maximum absolute atomic E-state index is 11.9. The number of phenols is 8. The summed E-state index contributed by atoms with van der Waals surface area (Å²) >= 11 is 0. The zero-order valence-corrected chi connectivity index (χ0v) is 31.8. The van der Waals surface area contributed by atoms with Crippen molar-refractivity contribution in [3.63, 3.8) is 0 Å². The quantitative estimate of drug-likeness (QED) is 0.0375. The van der Waals surface area contributed by atoms with E-state index in [2.05, 4.69) is 55.5 Å². The molecule has 292 valence electrons. The van der Waals surface area contributed by atoms with E-state index in [4.69, 9.17) is 4.42 Å². The van der Waals surface area contributed by atoms with Crippen molar-refractivity contribution >= 4 is 60.1 Å².